The lowest BCUT2D eigenvalue weighted by atomic mass is 10.1. The van der Waals surface area contributed by atoms with E-state index in [1.807, 2.05) is 0 Å². The molecule has 0 aliphatic carbocycles. The number of allylic oxidation sites excluding steroid dienone is 2. The summed E-state index contributed by atoms with van der Waals surface area (Å²) in [5.41, 5.74) is 1.55. The average molecular weight is 424 g/mol. The van der Waals surface area contributed by atoms with Crippen LogP contribution in [0.3, 0.4) is 0 Å². The van der Waals surface area contributed by atoms with Crippen molar-refractivity contribution >= 4 is 62.7 Å². The van der Waals surface area contributed by atoms with E-state index in [1.54, 1.807) is 44.6 Å². The number of nitrogens with zero attached hydrogens (tertiary/aromatic N) is 3. The molecular weight excluding hydrogens is 408 g/mol. The van der Waals surface area contributed by atoms with Gasteiger partial charge in [0.1, 0.15) is 5.16 Å². The summed E-state index contributed by atoms with van der Waals surface area (Å²) >= 11 is 21.8. The van der Waals surface area contributed by atoms with Crippen LogP contribution in [0.5, 0.6) is 0 Å². The van der Waals surface area contributed by atoms with Crippen molar-refractivity contribution in [2.45, 2.75) is 6.42 Å². The standard InChI is InChI=1S/C15H15BrCl3N3/c1-10(16)9-21-22(3)15(19)8-11(20-2)7-12-13(17)5-4-6-14(12)18/h4-6,8-9H,1,7H2,2-3H3/b15-8-,20-11-,21-9-. The van der Waals surface area contributed by atoms with Crippen molar-refractivity contribution in [1.29, 1.82) is 0 Å². The molecule has 1 aromatic carbocycles. The molecule has 0 spiro atoms. The van der Waals surface area contributed by atoms with E-state index < -0.39 is 0 Å². The Kier molecular flexibility index (Phi) is 8.18. The second-order valence-corrected chi connectivity index (χ2v) is 6.49. The number of benzene rings is 1. The predicted molar refractivity (Wildman–Crippen MR) is 102 cm³/mol. The molecule has 0 aromatic heterocycles. The Hall–Kier alpha value is -0.810. The minimum absolute atomic E-state index is 0.411. The molecular formula is C15H15BrCl3N3. The zero-order valence-corrected chi connectivity index (χ0v) is 16.0. The molecule has 0 saturated heterocycles. The van der Waals surface area contributed by atoms with Gasteiger partial charge in [0.15, 0.2) is 0 Å². The van der Waals surface area contributed by atoms with E-state index >= 15 is 0 Å². The fourth-order valence-electron chi connectivity index (χ4n) is 1.51. The summed E-state index contributed by atoms with van der Waals surface area (Å²) in [6, 6.07) is 5.38. The van der Waals surface area contributed by atoms with Gasteiger partial charge in [0.25, 0.3) is 0 Å². The van der Waals surface area contributed by atoms with Gasteiger partial charge in [-0.2, -0.15) is 5.10 Å². The van der Waals surface area contributed by atoms with Crippen molar-refractivity contribution in [2.75, 3.05) is 14.1 Å². The monoisotopic (exact) mass is 421 g/mol. The van der Waals surface area contributed by atoms with Crippen LogP contribution in [-0.4, -0.2) is 31.0 Å². The van der Waals surface area contributed by atoms with E-state index in [1.165, 1.54) is 5.01 Å². The van der Waals surface area contributed by atoms with Gasteiger partial charge >= 0.3 is 0 Å². The highest BCUT2D eigenvalue weighted by Crippen LogP contribution is 2.25. The molecule has 0 aliphatic heterocycles. The van der Waals surface area contributed by atoms with Gasteiger partial charge < -0.3 is 0 Å². The number of hydrazone groups is 1. The predicted octanol–water partition coefficient (Wildman–Crippen LogP) is 5.51. The zero-order chi connectivity index (χ0) is 16.7. The van der Waals surface area contributed by atoms with Crippen molar-refractivity contribution in [1.82, 2.24) is 5.01 Å². The lowest BCUT2D eigenvalue weighted by Crippen LogP contribution is -2.10. The first-order valence-corrected chi connectivity index (χ1v) is 8.15. The van der Waals surface area contributed by atoms with E-state index in [9.17, 15) is 0 Å². The van der Waals surface area contributed by atoms with Crippen molar-refractivity contribution in [3.05, 3.63) is 56.1 Å². The third kappa shape index (κ3) is 6.13. The van der Waals surface area contributed by atoms with Gasteiger partial charge in [-0.3, -0.25) is 10.0 Å². The van der Waals surface area contributed by atoms with E-state index in [-0.39, 0.29) is 0 Å². The van der Waals surface area contributed by atoms with E-state index in [4.69, 9.17) is 34.8 Å². The normalized spacial score (nSPS) is 12.8. The topological polar surface area (TPSA) is 28.0 Å². The Morgan fingerprint density at radius 1 is 1.36 bits per heavy atom. The maximum atomic E-state index is 6.22. The van der Waals surface area contributed by atoms with Crippen LogP contribution >= 0.6 is 50.7 Å². The molecule has 118 valence electrons. The molecule has 0 unspecified atom stereocenters. The van der Waals surface area contributed by atoms with Crippen LogP contribution in [0.4, 0.5) is 0 Å². The van der Waals surface area contributed by atoms with Gasteiger partial charge in [0, 0.05) is 40.8 Å². The minimum Gasteiger partial charge on any atom is -0.293 e. The van der Waals surface area contributed by atoms with Crippen LogP contribution < -0.4 is 0 Å². The first kappa shape index (κ1) is 19.2. The summed E-state index contributed by atoms with van der Waals surface area (Å²) in [6.45, 7) is 3.66. The highest BCUT2D eigenvalue weighted by atomic mass is 79.9. The summed E-state index contributed by atoms with van der Waals surface area (Å²) in [7, 11) is 3.41. The first-order chi connectivity index (χ1) is 10.3. The molecule has 0 fully saturated rings. The molecule has 1 rings (SSSR count). The summed E-state index contributed by atoms with van der Waals surface area (Å²) < 4.78 is 0.649. The summed E-state index contributed by atoms with van der Waals surface area (Å²) in [4.78, 5) is 4.22. The van der Waals surface area contributed by atoms with Crippen LogP contribution in [-0.2, 0) is 6.42 Å². The fourth-order valence-corrected chi connectivity index (χ4v) is 2.30. The SMILES string of the molecule is C=C(Br)/C=N\N(C)/C(Cl)=C\C(Cc1c(Cl)cccc1Cl)=N/C. The maximum Gasteiger partial charge on any atom is 0.126 e. The number of hydrogen-bond donors (Lipinski definition) is 0. The third-order valence-corrected chi connectivity index (χ3v) is 3.94. The van der Waals surface area contributed by atoms with Crippen molar-refractivity contribution < 1.29 is 0 Å². The van der Waals surface area contributed by atoms with Gasteiger partial charge in [-0.05, 0) is 39.7 Å². The van der Waals surface area contributed by atoms with Gasteiger partial charge in [-0.15, -0.1) is 0 Å². The summed E-state index contributed by atoms with van der Waals surface area (Å²) in [6.07, 6.45) is 3.74. The fraction of sp³-hybridized carbons (Fsp3) is 0.200. The minimum atomic E-state index is 0.411. The Morgan fingerprint density at radius 2 is 1.95 bits per heavy atom. The molecule has 1 aromatic rings. The quantitative estimate of drug-likeness (QED) is 0.337. The largest absolute Gasteiger partial charge is 0.293 e. The average Bonchev–Trinajstić information content (AvgIpc) is 2.47. The molecule has 0 saturated carbocycles. The van der Waals surface area contributed by atoms with Gasteiger partial charge in [0.05, 0.1) is 6.21 Å². The first-order valence-electron chi connectivity index (χ1n) is 6.23. The highest BCUT2D eigenvalue weighted by molar-refractivity contribution is 9.12. The molecule has 0 atom stereocenters. The Morgan fingerprint density at radius 3 is 2.45 bits per heavy atom. The second kappa shape index (κ2) is 9.36. The Balaban J connectivity index is 2.94. The van der Waals surface area contributed by atoms with Crippen LogP contribution in [0.2, 0.25) is 10.0 Å². The van der Waals surface area contributed by atoms with Crippen LogP contribution in [0.15, 0.2) is 50.6 Å². The van der Waals surface area contributed by atoms with E-state index in [0.29, 0.717) is 26.1 Å². The van der Waals surface area contributed by atoms with E-state index in [0.717, 1.165) is 11.3 Å². The van der Waals surface area contributed by atoms with Crippen molar-refractivity contribution in [2.24, 2.45) is 10.1 Å². The van der Waals surface area contributed by atoms with E-state index in [2.05, 4.69) is 32.6 Å². The van der Waals surface area contributed by atoms with Crippen LogP contribution in [0, 0.1) is 0 Å². The molecule has 0 N–H and O–H groups in total. The van der Waals surface area contributed by atoms with Crippen molar-refractivity contribution in [3.63, 3.8) is 0 Å². The second-order valence-electron chi connectivity index (χ2n) is 4.27. The molecule has 0 aliphatic rings. The third-order valence-electron chi connectivity index (χ3n) is 2.67. The summed E-state index contributed by atoms with van der Waals surface area (Å²) in [5.74, 6) is 0. The highest BCUT2D eigenvalue weighted by Gasteiger charge is 2.09. The van der Waals surface area contributed by atoms with Crippen LogP contribution in [0.1, 0.15) is 5.56 Å². The molecule has 22 heavy (non-hydrogen) atoms. The maximum absolute atomic E-state index is 6.22. The number of hydrogen-bond acceptors (Lipinski definition) is 3. The van der Waals surface area contributed by atoms with Crippen LogP contribution in [0.25, 0.3) is 0 Å². The molecule has 7 heteroatoms. The van der Waals surface area contributed by atoms with Gasteiger partial charge in [0.2, 0.25) is 0 Å². The lowest BCUT2D eigenvalue weighted by Gasteiger charge is -2.12. The zero-order valence-electron chi connectivity index (χ0n) is 12.2. The smallest absolute Gasteiger partial charge is 0.126 e. The number of halogens is 4. The Labute approximate surface area is 154 Å². The molecule has 3 nitrogen and oxygen atoms in total. The number of aliphatic imine (C=N–C) groups is 1. The van der Waals surface area contributed by atoms with Gasteiger partial charge in [-0.25, -0.2) is 0 Å². The van der Waals surface area contributed by atoms with Crippen molar-refractivity contribution in [3.8, 4) is 0 Å². The molecule has 0 amide bonds. The lowest BCUT2D eigenvalue weighted by molar-refractivity contribution is 0.479. The molecule has 0 bridgehead atoms. The summed E-state index contributed by atoms with van der Waals surface area (Å²) in [5, 5.41) is 7.22. The van der Waals surface area contributed by atoms with Gasteiger partial charge in [-0.1, -0.05) is 47.4 Å². The molecule has 0 radical (unpaired) electrons. The molecule has 0 heterocycles. The Bertz CT molecular complexity index is 619. The number of rotatable bonds is 6.